The minimum Gasteiger partial charge on any atom is -0.345 e. The van der Waals surface area contributed by atoms with Crippen molar-refractivity contribution in [2.24, 2.45) is 0 Å². The predicted octanol–water partition coefficient (Wildman–Crippen LogP) is 1.77. The number of imidazole rings is 1. The number of aromatic amines is 1. The highest BCUT2D eigenvalue weighted by Gasteiger charge is 2.15. The minimum atomic E-state index is 1.04. The topological polar surface area (TPSA) is 31.9 Å². The molecule has 3 rings (SSSR count). The third kappa shape index (κ3) is 1.21. The Morgan fingerprint density at radius 3 is 3.07 bits per heavy atom. The van der Waals surface area contributed by atoms with Gasteiger partial charge in [0.1, 0.15) is 0 Å². The number of aromatic nitrogens is 2. The first kappa shape index (κ1) is 8.00. The number of para-hydroxylation sites is 1. The molecule has 2 heterocycles. The van der Waals surface area contributed by atoms with Crippen LogP contribution in [0.2, 0.25) is 0 Å². The lowest BCUT2D eigenvalue weighted by molar-refractivity contribution is 0.173. The number of H-pyrrole nitrogens is 1. The standard InChI is InChI=1S/C11H13N3/c1-3-9(7-14-5-2-6-14)11-10(4-1)12-8-13-11/h1,3-4,8H,2,5-7H2,(H,12,13). The van der Waals surface area contributed by atoms with E-state index in [-0.39, 0.29) is 0 Å². The van der Waals surface area contributed by atoms with Crippen LogP contribution in [-0.4, -0.2) is 28.0 Å². The first-order chi connectivity index (χ1) is 6.93. The van der Waals surface area contributed by atoms with Crippen molar-refractivity contribution in [2.45, 2.75) is 13.0 Å². The highest BCUT2D eigenvalue weighted by molar-refractivity contribution is 5.78. The molecule has 0 saturated carbocycles. The van der Waals surface area contributed by atoms with Gasteiger partial charge in [-0.2, -0.15) is 0 Å². The van der Waals surface area contributed by atoms with Crippen molar-refractivity contribution in [3.05, 3.63) is 30.1 Å². The van der Waals surface area contributed by atoms with Gasteiger partial charge in [-0.3, -0.25) is 4.90 Å². The number of benzene rings is 1. The van der Waals surface area contributed by atoms with E-state index in [9.17, 15) is 0 Å². The van der Waals surface area contributed by atoms with Gasteiger partial charge in [-0.05, 0) is 31.1 Å². The van der Waals surface area contributed by atoms with E-state index < -0.39 is 0 Å². The second-order valence-corrected chi connectivity index (χ2v) is 3.85. The number of nitrogens with zero attached hydrogens (tertiary/aromatic N) is 2. The molecule has 1 aromatic heterocycles. The summed E-state index contributed by atoms with van der Waals surface area (Å²) in [5, 5.41) is 0. The molecule has 3 nitrogen and oxygen atoms in total. The van der Waals surface area contributed by atoms with Crippen LogP contribution in [0, 0.1) is 0 Å². The van der Waals surface area contributed by atoms with Gasteiger partial charge < -0.3 is 4.98 Å². The summed E-state index contributed by atoms with van der Waals surface area (Å²) in [6, 6.07) is 6.33. The third-order valence-corrected chi connectivity index (χ3v) is 2.88. The number of rotatable bonds is 2. The molecule has 0 amide bonds. The maximum atomic E-state index is 4.35. The molecule has 2 aromatic rings. The molecule has 1 N–H and O–H groups in total. The number of fused-ring (bicyclic) bond motifs is 1. The van der Waals surface area contributed by atoms with Gasteiger partial charge in [0.25, 0.3) is 0 Å². The lowest BCUT2D eigenvalue weighted by atomic mass is 10.1. The average Bonchev–Trinajstić information content (AvgIpc) is 2.59. The van der Waals surface area contributed by atoms with Crippen LogP contribution in [0.15, 0.2) is 24.5 Å². The molecule has 1 aliphatic heterocycles. The van der Waals surface area contributed by atoms with E-state index in [1.54, 1.807) is 6.33 Å². The Labute approximate surface area is 82.8 Å². The maximum absolute atomic E-state index is 4.35. The Bertz CT molecular complexity index is 442. The van der Waals surface area contributed by atoms with Gasteiger partial charge in [0.15, 0.2) is 0 Å². The maximum Gasteiger partial charge on any atom is 0.0932 e. The lowest BCUT2D eigenvalue weighted by Gasteiger charge is -2.30. The van der Waals surface area contributed by atoms with E-state index >= 15 is 0 Å². The van der Waals surface area contributed by atoms with Gasteiger partial charge in [0.05, 0.1) is 17.4 Å². The van der Waals surface area contributed by atoms with E-state index in [2.05, 4.69) is 33.1 Å². The third-order valence-electron chi connectivity index (χ3n) is 2.88. The van der Waals surface area contributed by atoms with Gasteiger partial charge in [-0.25, -0.2) is 4.98 Å². The molecule has 0 radical (unpaired) electrons. The van der Waals surface area contributed by atoms with E-state index in [0.29, 0.717) is 0 Å². The van der Waals surface area contributed by atoms with Crippen molar-refractivity contribution >= 4 is 11.0 Å². The molecule has 1 aromatic carbocycles. The monoisotopic (exact) mass is 187 g/mol. The number of likely N-dealkylation sites (tertiary alicyclic amines) is 1. The minimum absolute atomic E-state index is 1.04. The lowest BCUT2D eigenvalue weighted by Crippen LogP contribution is -2.36. The van der Waals surface area contributed by atoms with Crippen LogP contribution in [0.1, 0.15) is 12.0 Å². The summed E-state index contributed by atoms with van der Waals surface area (Å²) in [4.78, 5) is 9.94. The SMILES string of the molecule is c1cc(CN2CCC2)c2nc[nH]c2c1. The fourth-order valence-corrected chi connectivity index (χ4v) is 1.93. The van der Waals surface area contributed by atoms with Crippen molar-refractivity contribution in [2.75, 3.05) is 13.1 Å². The average molecular weight is 187 g/mol. The molecule has 72 valence electrons. The second kappa shape index (κ2) is 3.10. The predicted molar refractivity (Wildman–Crippen MR) is 56.0 cm³/mol. The van der Waals surface area contributed by atoms with Gasteiger partial charge in [-0.1, -0.05) is 12.1 Å². The number of hydrogen-bond acceptors (Lipinski definition) is 2. The normalized spacial score (nSPS) is 17.1. The summed E-state index contributed by atoms with van der Waals surface area (Å²) < 4.78 is 0. The first-order valence-corrected chi connectivity index (χ1v) is 5.07. The molecule has 1 saturated heterocycles. The molecular formula is C11H13N3. The zero-order valence-corrected chi connectivity index (χ0v) is 8.03. The molecule has 1 fully saturated rings. The quantitative estimate of drug-likeness (QED) is 0.777. The van der Waals surface area contributed by atoms with E-state index in [1.165, 1.54) is 25.1 Å². The summed E-state index contributed by atoms with van der Waals surface area (Å²) >= 11 is 0. The van der Waals surface area contributed by atoms with Crippen molar-refractivity contribution in [1.82, 2.24) is 14.9 Å². The largest absolute Gasteiger partial charge is 0.345 e. The summed E-state index contributed by atoms with van der Waals surface area (Å²) in [6.45, 7) is 3.52. The van der Waals surface area contributed by atoms with Crippen LogP contribution in [0.3, 0.4) is 0 Å². The van der Waals surface area contributed by atoms with Gasteiger partial charge in [0.2, 0.25) is 0 Å². The van der Waals surface area contributed by atoms with E-state index in [4.69, 9.17) is 0 Å². The smallest absolute Gasteiger partial charge is 0.0932 e. The van der Waals surface area contributed by atoms with Gasteiger partial charge >= 0.3 is 0 Å². The Kier molecular flexibility index (Phi) is 1.77. The summed E-state index contributed by atoms with van der Waals surface area (Å²) in [6.07, 6.45) is 3.11. The van der Waals surface area contributed by atoms with Crippen molar-refractivity contribution in [3.8, 4) is 0 Å². The molecule has 0 aliphatic carbocycles. The van der Waals surface area contributed by atoms with Crippen LogP contribution in [0.5, 0.6) is 0 Å². The zero-order chi connectivity index (χ0) is 9.38. The van der Waals surface area contributed by atoms with Crippen LogP contribution in [0.25, 0.3) is 11.0 Å². The number of hydrogen-bond donors (Lipinski definition) is 1. The highest BCUT2D eigenvalue weighted by atomic mass is 15.2. The molecule has 0 atom stereocenters. The second-order valence-electron chi connectivity index (χ2n) is 3.85. The molecular weight excluding hydrogens is 174 g/mol. The number of nitrogens with one attached hydrogen (secondary N) is 1. The summed E-state index contributed by atoms with van der Waals surface area (Å²) in [7, 11) is 0. The van der Waals surface area contributed by atoms with E-state index in [0.717, 1.165) is 17.6 Å². The van der Waals surface area contributed by atoms with Crippen LogP contribution in [0.4, 0.5) is 0 Å². The van der Waals surface area contributed by atoms with Crippen LogP contribution >= 0.6 is 0 Å². The van der Waals surface area contributed by atoms with Crippen LogP contribution in [-0.2, 0) is 6.54 Å². The Hall–Kier alpha value is -1.35. The molecule has 3 heteroatoms. The van der Waals surface area contributed by atoms with Gasteiger partial charge in [0, 0.05) is 6.54 Å². The van der Waals surface area contributed by atoms with Crippen molar-refractivity contribution in [3.63, 3.8) is 0 Å². The molecule has 0 unspecified atom stereocenters. The molecule has 14 heavy (non-hydrogen) atoms. The fourth-order valence-electron chi connectivity index (χ4n) is 1.93. The Balaban J connectivity index is 1.97. The summed E-state index contributed by atoms with van der Waals surface area (Å²) in [5.74, 6) is 0. The molecule has 0 spiro atoms. The fraction of sp³-hybridized carbons (Fsp3) is 0.364. The molecule has 1 aliphatic rings. The Morgan fingerprint density at radius 1 is 1.36 bits per heavy atom. The van der Waals surface area contributed by atoms with E-state index in [1.807, 2.05) is 0 Å². The van der Waals surface area contributed by atoms with Crippen LogP contribution < -0.4 is 0 Å². The Morgan fingerprint density at radius 2 is 2.29 bits per heavy atom. The highest BCUT2D eigenvalue weighted by Crippen LogP contribution is 2.18. The van der Waals surface area contributed by atoms with Gasteiger partial charge in [-0.15, -0.1) is 0 Å². The first-order valence-electron chi connectivity index (χ1n) is 5.07. The van der Waals surface area contributed by atoms with Crippen molar-refractivity contribution < 1.29 is 0 Å². The molecule has 0 bridgehead atoms. The summed E-state index contributed by atoms with van der Waals surface area (Å²) in [5.41, 5.74) is 3.60. The zero-order valence-electron chi connectivity index (χ0n) is 8.03. The van der Waals surface area contributed by atoms with Crippen molar-refractivity contribution in [1.29, 1.82) is 0 Å².